The molecule has 2 aliphatic rings. The van der Waals surface area contributed by atoms with Gasteiger partial charge in [0.2, 0.25) is 0 Å². The van der Waals surface area contributed by atoms with Gasteiger partial charge in [-0.15, -0.1) is 0 Å². The lowest BCUT2D eigenvalue weighted by Crippen LogP contribution is -2.58. The van der Waals surface area contributed by atoms with E-state index >= 15 is 0 Å². The standard InChI is InChI=1S/C29H32N2O/c1-3-23-10-8-13-26(19-23)29(20-24-11-6-7-14-27(24)28(29)32)31-17-15-30(16-18-31)21-25-12-5-4-9-22(25)2/h4-14,19H,3,15-18,20-21H2,1-2H3. The summed E-state index contributed by atoms with van der Waals surface area (Å²) in [5.74, 6) is 0.272. The summed E-state index contributed by atoms with van der Waals surface area (Å²) in [5, 5.41) is 0. The minimum Gasteiger partial charge on any atom is -0.297 e. The third-order valence-electron chi connectivity index (χ3n) is 7.46. The van der Waals surface area contributed by atoms with Crippen molar-refractivity contribution >= 4 is 5.78 Å². The molecule has 5 rings (SSSR count). The van der Waals surface area contributed by atoms with Crippen LogP contribution in [0.3, 0.4) is 0 Å². The molecule has 0 radical (unpaired) electrons. The second-order valence-corrected chi connectivity index (χ2v) is 9.27. The number of hydrogen-bond acceptors (Lipinski definition) is 3. The van der Waals surface area contributed by atoms with Crippen molar-refractivity contribution in [2.45, 2.75) is 38.8 Å². The highest BCUT2D eigenvalue weighted by Crippen LogP contribution is 2.43. The zero-order valence-corrected chi connectivity index (χ0v) is 19.2. The molecule has 0 spiro atoms. The minimum absolute atomic E-state index is 0.272. The maximum Gasteiger partial charge on any atom is 0.188 e. The van der Waals surface area contributed by atoms with Gasteiger partial charge in [-0.1, -0.05) is 79.7 Å². The monoisotopic (exact) mass is 424 g/mol. The van der Waals surface area contributed by atoms with Crippen molar-refractivity contribution in [2.24, 2.45) is 0 Å². The van der Waals surface area contributed by atoms with Gasteiger partial charge in [-0.2, -0.15) is 0 Å². The predicted octanol–water partition coefficient (Wildman–Crippen LogP) is 5.01. The molecule has 3 aromatic carbocycles. The average Bonchev–Trinajstić information content (AvgIpc) is 3.14. The van der Waals surface area contributed by atoms with E-state index in [9.17, 15) is 4.79 Å². The van der Waals surface area contributed by atoms with E-state index in [4.69, 9.17) is 0 Å². The van der Waals surface area contributed by atoms with Crippen molar-refractivity contribution in [2.75, 3.05) is 26.2 Å². The number of aryl methyl sites for hydroxylation is 2. The fraction of sp³-hybridized carbons (Fsp3) is 0.345. The molecule has 3 nitrogen and oxygen atoms in total. The van der Waals surface area contributed by atoms with Crippen LogP contribution in [0.25, 0.3) is 0 Å². The van der Waals surface area contributed by atoms with Crippen molar-refractivity contribution in [3.05, 3.63) is 106 Å². The van der Waals surface area contributed by atoms with E-state index in [2.05, 4.69) is 84.3 Å². The molecular weight excluding hydrogens is 392 g/mol. The van der Waals surface area contributed by atoms with Gasteiger partial charge in [-0.25, -0.2) is 0 Å². The second kappa shape index (κ2) is 8.65. The van der Waals surface area contributed by atoms with E-state index in [-0.39, 0.29) is 5.78 Å². The lowest BCUT2D eigenvalue weighted by Gasteiger charge is -2.45. The first-order chi connectivity index (χ1) is 15.6. The summed E-state index contributed by atoms with van der Waals surface area (Å²) in [6.07, 6.45) is 1.75. The van der Waals surface area contributed by atoms with E-state index in [1.54, 1.807) is 0 Å². The largest absolute Gasteiger partial charge is 0.297 e. The van der Waals surface area contributed by atoms with E-state index in [1.807, 2.05) is 12.1 Å². The molecule has 164 valence electrons. The van der Waals surface area contributed by atoms with E-state index in [0.29, 0.717) is 0 Å². The van der Waals surface area contributed by atoms with Crippen LogP contribution in [-0.4, -0.2) is 41.8 Å². The summed E-state index contributed by atoms with van der Waals surface area (Å²) in [4.78, 5) is 19.0. The minimum atomic E-state index is -0.580. The number of piperazine rings is 1. The van der Waals surface area contributed by atoms with Gasteiger partial charge in [0.25, 0.3) is 0 Å². The number of benzene rings is 3. The van der Waals surface area contributed by atoms with Gasteiger partial charge in [0.15, 0.2) is 5.78 Å². The zero-order valence-electron chi connectivity index (χ0n) is 19.2. The van der Waals surface area contributed by atoms with Crippen LogP contribution in [0.5, 0.6) is 0 Å². The highest BCUT2D eigenvalue weighted by Gasteiger charge is 2.51. The zero-order chi connectivity index (χ0) is 22.1. The SMILES string of the molecule is CCc1cccc(C2(N3CCN(Cc4ccccc4C)CC3)Cc3ccccc3C2=O)c1. The molecule has 0 saturated carbocycles. The van der Waals surface area contributed by atoms with Crippen LogP contribution in [-0.2, 0) is 24.9 Å². The number of Topliss-reactive ketones (excluding diaryl/α,β-unsaturated/α-hetero) is 1. The van der Waals surface area contributed by atoms with E-state index in [0.717, 1.165) is 56.7 Å². The van der Waals surface area contributed by atoms with Crippen LogP contribution in [0.4, 0.5) is 0 Å². The number of rotatable bonds is 5. The quantitative estimate of drug-likeness (QED) is 0.575. The molecular formula is C29H32N2O. The highest BCUT2D eigenvalue weighted by atomic mass is 16.1. The average molecular weight is 425 g/mol. The van der Waals surface area contributed by atoms with E-state index < -0.39 is 5.54 Å². The molecule has 1 aliphatic carbocycles. The van der Waals surface area contributed by atoms with Gasteiger partial charge >= 0.3 is 0 Å². The lowest BCUT2D eigenvalue weighted by molar-refractivity contribution is 0.0287. The van der Waals surface area contributed by atoms with Gasteiger partial charge in [-0.05, 0) is 41.2 Å². The van der Waals surface area contributed by atoms with Crippen LogP contribution in [0.2, 0.25) is 0 Å². The lowest BCUT2D eigenvalue weighted by atomic mass is 9.82. The fourth-order valence-corrected chi connectivity index (χ4v) is 5.51. The number of ketones is 1. The molecule has 3 aromatic rings. The molecule has 3 heteroatoms. The Hall–Kier alpha value is -2.75. The normalized spacial score (nSPS) is 21.6. The molecule has 32 heavy (non-hydrogen) atoms. The Morgan fingerprint density at radius 1 is 0.875 bits per heavy atom. The Morgan fingerprint density at radius 2 is 1.62 bits per heavy atom. The number of nitrogens with zero attached hydrogens (tertiary/aromatic N) is 2. The van der Waals surface area contributed by atoms with Crippen LogP contribution in [0, 0.1) is 6.92 Å². The number of hydrogen-bond donors (Lipinski definition) is 0. The van der Waals surface area contributed by atoms with E-state index in [1.165, 1.54) is 22.3 Å². The molecule has 0 aromatic heterocycles. The highest BCUT2D eigenvalue weighted by molar-refractivity contribution is 6.08. The van der Waals surface area contributed by atoms with Gasteiger partial charge < -0.3 is 0 Å². The topological polar surface area (TPSA) is 23.6 Å². The molecule has 1 heterocycles. The first-order valence-corrected chi connectivity index (χ1v) is 11.9. The molecule has 1 saturated heterocycles. The maximum atomic E-state index is 14.0. The van der Waals surface area contributed by atoms with Crippen molar-refractivity contribution in [1.82, 2.24) is 9.80 Å². The Balaban J connectivity index is 1.44. The van der Waals surface area contributed by atoms with Crippen LogP contribution in [0.15, 0.2) is 72.8 Å². The van der Waals surface area contributed by atoms with Crippen LogP contribution >= 0.6 is 0 Å². The van der Waals surface area contributed by atoms with Crippen molar-refractivity contribution in [3.8, 4) is 0 Å². The molecule has 1 unspecified atom stereocenters. The third-order valence-corrected chi connectivity index (χ3v) is 7.46. The summed E-state index contributed by atoms with van der Waals surface area (Å²) >= 11 is 0. The summed E-state index contributed by atoms with van der Waals surface area (Å²) in [6.45, 7) is 9.12. The summed E-state index contributed by atoms with van der Waals surface area (Å²) < 4.78 is 0. The third kappa shape index (κ3) is 3.60. The molecule has 1 atom stereocenters. The van der Waals surface area contributed by atoms with Crippen LogP contribution < -0.4 is 0 Å². The maximum absolute atomic E-state index is 14.0. The van der Waals surface area contributed by atoms with Gasteiger partial charge in [0, 0.05) is 44.7 Å². The van der Waals surface area contributed by atoms with Gasteiger partial charge in [0.05, 0.1) is 0 Å². The Labute approximate surface area is 191 Å². The molecule has 0 amide bonds. The Kier molecular flexibility index (Phi) is 5.71. The molecule has 0 bridgehead atoms. The first-order valence-electron chi connectivity index (χ1n) is 11.9. The van der Waals surface area contributed by atoms with Crippen molar-refractivity contribution in [3.63, 3.8) is 0 Å². The van der Waals surface area contributed by atoms with Crippen molar-refractivity contribution < 1.29 is 4.79 Å². The van der Waals surface area contributed by atoms with Gasteiger partial charge in [-0.3, -0.25) is 14.6 Å². The molecule has 1 fully saturated rings. The van der Waals surface area contributed by atoms with Gasteiger partial charge in [0.1, 0.15) is 5.54 Å². The summed E-state index contributed by atoms with van der Waals surface area (Å²) in [6, 6.07) is 25.6. The first kappa shape index (κ1) is 21.1. The van der Waals surface area contributed by atoms with Crippen molar-refractivity contribution in [1.29, 1.82) is 0 Å². The smallest absolute Gasteiger partial charge is 0.188 e. The molecule has 0 N–H and O–H groups in total. The molecule has 1 aliphatic heterocycles. The summed E-state index contributed by atoms with van der Waals surface area (Å²) in [5.41, 5.74) is 6.71. The number of fused-ring (bicyclic) bond motifs is 1. The second-order valence-electron chi connectivity index (χ2n) is 9.27. The number of carbonyl (C=O) groups excluding carboxylic acids is 1. The van der Waals surface area contributed by atoms with Crippen LogP contribution in [0.1, 0.15) is 45.1 Å². The summed E-state index contributed by atoms with van der Waals surface area (Å²) in [7, 11) is 0. The Bertz CT molecular complexity index is 1130. The Morgan fingerprint density at radius 3 is 2.38 bits per heavy atom. The predicted molar refractivity (Wildman–Crippen MR) is 130 cm³/mol. The number of carbonyl (C=O) groups is 1. The fourth-order valence-electron chi connectivity index (χ4n) is 5.51.